The molecule has 2 heterocycles. The highest BCUT2D eigenvalue weighted by atomic mass is 127. The number of pyridine rings is 1. The van der Waals surface area contributed by atoms with Crippen LogP contribution in [0.25, 0.3) is 17.0 Å². The molecule has 100 valence electrons. The molecule has 3 aromatic rings. The standard InChI is InChI=1S/C13H7ClIN3O2/c14-8-2-3-10(15)9(5-8)12-17-16-11-4-1-7(13(19)20)6-18(11)12/h1-6H,(H,19,20). The van der Waals surface area contributed by atoms with Crippen LogP contribution < -0.4 is 0 Å². The molecule has 5 nitrogen and oxygen atoms in total. The fourth-order valence-corrected chi connectivity index (χ4v) is 2.62. The van der Waals surface area contributed by atoms with Crippen LogP contribution in [0.15, 0.2) is 36.5 Å². The highest BCUT2D eigenvalue weighted by Gasteiger charge is 2.13. The van der Waals surface area contributed by atoms with Gasteiger partial charge in [-0.05, 0) is 52.9 Å². The van der Waals surface area contributed by atoms with E-state index >= 15 is 0 Å². The summed E-state index contributed by atoms with van der Waals surface area (Å²) in [7, 11) is 0. The Kier molecular flexibility index (Phi) is 3.35. The lowest BCUT2D eigenvalue weighted by Crippen LogP contribution is -2.00. The molecule has 0 aliphatic rings. The van der Waals surface area contributed by atoms with Gasteiger partial charge in [-0.3, -0.25) is 4.40 Å². The maximum atomic E-state index is 11.1. The Bertz CT molecular complexity index is 832. The van der Waals surface area contributed by atoms with Crippen molar-refractivity contribution in [3.63, 3.8) is 0 Å². The summed E-state index contributed by atoms with van der Waals surface area (Å²) in [6.07, 6.45) is 1.50. The number of aromatic carboxylic acids is 1. The third-order valence-electron chi connectivity index (χ3n) is 2.82. The van der Waals surface area contributed by atoms with Crippen LogP contribution in [-0.4, -0.2) is 25.7 Å². The average molecular weight is 400 g/mol. The van der Waals surface area contributed by atoms with Crippen molar-refractivity contribution in [1.82, 2.24) is 14.6 Å². The summed E-state index contributed by atoms with van der Waals surface area (Å²) >= 11 is 8.19. The van der Waals surface area contributed by atoms with E-state index < -0.39 is 5.97 Å². The van der Waals surface area contributed by atoms with Crippen molar-refractivity contribution >= 4 is 45.8 Å². The molecule has 1 aromatic carbocycles. The maximum absolute atomic E-state index is 11.1. The lowest BCUT2D eigenvalue weighted by molar-refractivity contribution is 0.0696. The van der Waals surface area contributed by atoms with E-state index in [-0.39, 0.29) is 5.56 Å². The molecule has 0 radical (unpaired) electrons. The van der Waals surface area contributed by atoms with Gasteiger partial charge in [0.1, 0.15) is 0 Å². The smallest absolute Gasteiger partial charge is 0.337 e. The molecule has 0 saturated heterocycles. The number of benzene rings is 1. The Hall–Kier alpha value is -1.67. The molecule has 0 aliphatic heterocycles. The molecule has 1 N–H and O–H groups in total. The van der Waals surface area contributed by atoms with Gasteiger partial charge in [0.2, 0.25) is 0 Å². The van der Waals surface area contributed by atoms with Crippen LogP contribution in [-0.2, 0) is 0 Å². The largest absolute Gasteiger partial charge is 0.478 e. The van der Waals surface area contributed by atoms with E-state index in [2.05, 4.69) is 32.8 Å². The molecule has 0 spiro atoms. The van der Waals surface area contributed by atoms with Gasteiger partial charge in [-0.25, -0.2) is 4.79 Å². The number of fused-ring (bicyclic) bond motifs is 1. The van der Waals surface area contributed by atoms with Crippen LogP contribution in [0, 0.1) is 3.57 Å². The number of halogens is 2. The molecular weight excluding hydrogens is 393 g/mol. The number of carbonyl (C=O) groups is 1. The summed E-state index contributed by atoms with van der Waals surface area (Å²) < 4.78 is 2.61. The Morgan fingerprint density at radius 1 is 1.25 bits per heavy atom. The van der Waals surface area contributed by atoms with E-state index in [0.29, 0.717) is 16.5 Å². The first-order chi connectivity index (χ1) is 9.56. The van der Waals surface area contributed by atoms with Crippen molar-refractivity contribution < 1.29 is 9.90 Å². The molecule has 0 saturated carbocycles. The second kappa shape index (κ2) is 5.02. The summed E-state index contributed by atoms with van der Waals surface area (Å²) in [6.45, 7) is 0. The Morgan fingerprint density at radius 3 is 2.80 bits per heavy atom. The van der Waals surface area contributed by atoms with Gasteiger partial charge in [-0.15, -0.1) is 10.2 Å². The fourth-order valence-electron chi connectivity index (χ4n) is 1.87. The summed E-state index contributed by atoms with van der Waals surface area (Å²) in [5.74, 6) is -0.428. The molecule has 0 aliphatic carbocycles. The van der Waals surface area contributed by atoms with E-state index in [1.54, 1.807) is 22.6 Å². The summed E-state index contributed by atoms with van der Waals surface area (Å²) in [5.41, 5.74) is 1.57. The number of rotatable bonds is 2. The molecule has 0 fully saturated rings. The van der Waals surface area contributed by atoms with Crippen LogP contribution in [0.4, 0.5) is 0 Å². The van der Waals surface area contributed by atoms with Crippen LogP contribution in [0.5, 0.6) is 0 Å². The van der Waals surface area contributed by atoms with Gasteiger partial charge in [-0.2, -0.15) is 0 Å². The minimum atomic E-state index is -0.993. The molecule has 2 aromatic heterocycles. The van der Waals surface area contributed by atoms with Crippen LogP contribution in [0.1, 0.15) is 10.4 Å². The SMILES string of the molecule is O=C(O)c1ccc2nnc(-c3cc(Cl)ccc3I)n2c1. The summed E-state index contributed by atoms with van der Waals surface area (Å²) in [5, 5.41) is 17.8. The Labute approximate surface area is 132 Å². The topological polar surface area (TPSA) is 67.5 Å². The van der Waals surface area contributed by atoms with Gasteiger partial charge in [0.25, 0.3) is 0 Å². The molecule has 7 heteroatoms. The first-order valence-corrected chi connectivity index (χ1v) is 7.05. The van der Waals surface area contributed by atoms with E-state index in [9.17, 15) is 4.79 Å². The number of hydrogen-bond acceptors (Lipinski definition) is 3. The minimum absolute atomic E-state index is 0.176. The number of nitrogens with zero attached hydrogens (tertiary/aromatic N) is 3. The summed E-state index contributed by atoms with van der Waals surface area (Å²) in [4.78, 5) is 11.1. The lowest BCUT2D eigenvalue weighted by atomic mass is 10.2. The normalized spacial score (nSPS) is 10.9. The third-order valence-corrected chi connectivity index (χ3v) is 3.99. The predicted octanol–water partition coefficient (Wildman–Crippen LogP) is 3.35. The Balaban J connectivity index is 2.28. The highest BCUT2D eigenvalue weighted by Crippen LogP contribution is 2.27. The minimum Gasteiger partial charge on any atom is -0.478 e. The van der Waals surface area contributed by atoms with Crippen molar-refractivity contribution in [2.24, 2.45) is 0 Å². The molecule has 0 bridgehead atoms. The first-order valence-electron chi connectivity index (χ1n) is 5.60. The molecule has 0 unspecified atom stereocenters. The molecule has 0 amide bonds. The molecule has 20 heavy (non-hydrogen) atoms. The van der Waals surface area contributed by atoms with Gasteiger partial charge in [0.05, 0.1) is 5.56 Å². The van der Waals surface area contributed by atoms with Crippen molar-refractivity contribution in [3.8, 4) is 11.4 Å². The molecular formula is C13H7ClIN3O2. The van der Waals surface area contributed by atoms with Crippen molar-refractivity contribution in [3.05, 3.63) is 50.7 Å². The van der Waals surface area contributed by atoms with Gasteiger partial charge < -0.3 is 5.11 Å². The van der Waals surface area contributed by atoms with Gasteiger partial charge in [-0.1, -0.05) is 11.6 Å². The molecule has 0 atom stereocenters. The summed E-state index contributed by atoms with van der Waals surface area (Å²) in [6, 6.07) is 8.57. The van der Waals surface area contributed by atoms with E-state index in [1.165, 1.54) is 12.3 Å². The van der Waals surface area contributed by atoms with Gasteiger partial charge in [0, 0.05) is 20.4 Å². The molecule has 3 rings (SSSR count). The van der Waals surface area contributed by atoms with Gasteiger partial charge >= 0.3 is 5.97 Å². The van der Waals surface area contributed by atoms with Crippen LogP contribution in [0.2, 0.25) is 5.02 Å². The first kappa shape index (κ1) is 13.3. The zero-order valence-electron chi connectivity index (χ0n) is 9.92. The van der Waals surface area contributed by atoms with Crippen LogP contribution >= 0.6 is 34.2 Å². The zero-order valence-corrected chi connectivity index (χ0v) is 12.8. The van der Waals surface area contributed by atoms with Gasteiger partial charge in [0.15, 0.2) is 11.5 Å². The number of hydrogen-bond donors (Lipinski definition) is 1. The second-order valence-corrected chi connectivity index (χ2v) is 5.70. The van der Waals surface area contributed by atoms with Crippen LogP contribution in [0.3, 0.4) is 0 Å². The lowest BCUT2D eigenvalue weighted by Gasteiger charge is -2.04. The third kappa shape index (κ3) is 2.25. The van der Waals surface area contributed by atoms with Crippen molar-refractivity contribution in [1.29, 1.82) is 0 Å². The number of aromatic nitrogens is 3. The maximum Gasteiger partial charge on any atom is 0.337 e. The van der Waals surface area contributed by atoms with E-state index in [4.69, 9.17) is 16.7 Å². The quantitative estimate of drug-likeness (QED) is 0.671. The monoisotopic (exact) mass is 399 g/mol. The number of carboxylic acid groups (broad SMARTS) is 1. The Morgan fingerprint density at radius 2 is 2.05 bits per heavy atom. The second-order valence-electron chi connectivity index (χ2n) is 4.10. The highest BCUT2D eigenvalue weighted by molar-refractivity contribution is 14.1. The predicted molar refractivity (Wildman–Crippen MR) is 83.1 cm³/mol. The van der Waals surface area contributed by atoms with E-state index in [1.807, 2.05) is 6.07 Å². The van der Waals surface area contributed by atoms with Crippen molar-refractivity contribution in [2.75, 3.05) is 0 Å². The number of carboxylic acids is 1. The zero-order chi connectivity index (χ0) is 14.3. The van der Waals surface area contributed by atoms with Crippen molar-refractivity contribution in [2.45, 2.75) is 0 Å². The van der Waals surface area contributed by atoms with E-state index in [0.717, 1.165) is 9.13 Å². The average Bonchev–Trinajstić information content (AvgIpc) is 2.84. The fraction of sp³-hybridized carbons (Fsp3) is 0.